The van der Waals surface area contributed by atoms with Crippen molar-refractivity contribution in [2.45, 2.75) is 57.5 Å². The molecule has 114 valence electrons. The summed E-state index contributed by atoms with van der Waals surface area (Å²) in [6.45, 7) is 11.4. The molecule has 4 nitrogen and oxygen atoms in total. The van der Waals surface area contributed by atoms with Crippen molar-refractivity contribution in [3.8, 4) is 6.07 Å². The Morgan fingerprint density at radius 3 is 2.55 bits per heavy atom. The average Bonchev–Trinajstić information content (AvgIpc) is 2.91. The highest BCUT2D eigenvalue weighted by molar-refractivity contribution is 5.13. The summed E-state index contributed by atoms with van der Waals surface area (Å²) in [7, 11) is 0. The van der Waals surface area contributed by atoms with Gasteiger partial charge in [0.2, 0.25) is 0 Å². The van der Waals surface area contributed by atoms with Gasteiger partial charge >= 0.3 is 0 Å². The summed E-state index contributed by atoms with van der Waals surface area (Å²) in [5.41, 5.74) is -0.249. The highest BCUT2D eigenvalue weighted by Gasteiger charge is 2.41. The van der Waals surface area contributed by atoms with Gasteiger partial charge in [-0.15, -0.1) is 0 Å². The van der Waals surface area contributed by atoms with E-state index in [4.69, 9.17) is 0 Å². The first kappa shape index (κ1) is 15.8. The van der Waals surface area contributed by atoms with Crippen LogP contribution in [0.4, 0.5) is 0 Å². The standard InChI is InChI=1S/C16H30N4/c1-3-7-18-16(14-17)6-5-15(13-16)20-11-9-19(8-4-2)10-12-20/h15,18H,3-13H2,1-2H3. The summed E-state index contributed by atoms with van der Waals surface area (Å²) in [6.07, 6.45) is 5.56. The molecule has 1 saturated heterocycles. The molecular formula is C16H30N4. The molecule has 1 aliphatic carbocycles. The monoisotopic (exact) mass is 278 g/mol. The van der Waals surface area contributed by atoms with E-state index in [1.165, 1.54) is 45.6 Å². The van der Waals surface area contributed by atoms with Gasteiger partial charge in [0, 0.05) is 32.2 Å². The third-order valence-corrected chi connectivity index (χ3v) is 4.88. The lowest BCUT2D eigenvalue weighted by atomic mass is 9.99. The van der Waals surface area contributed by atoms with E-state index in [9.17, 15) is 5.26 Å². The Morgan fingerprint density at radius 1 is 1.20 bits per heavy atom. The molecule has 1 heterocycles. The fourth-order valence-electron chi connectivity index (χ4n) is 3.67. The molecule has 1 aliphatic heterocycles. The van der Waals surface area contributed by atoms with Gasteiger partial charge < -0.3 is 4.90 Å². The molecule has 0 radical (unpaired) electrons. The number of nitrogens with one attached hydrogen (secondary N) is 1. The Bertz CT molecular complexity index is 330. The van der Waals surface area contributed by atoms with E-state index >= 15 is 0 Å². The van der Waals surface area contributed by atoms with Gasteiger partial charge in [-0.05, 0) is 45.2 Å². The number of nitriles is 1. The van der Waals surface area contributed by atoms with Gasteiger partial charge in [-0.25, -0.2) is 0 Å². The van der Waals surface area contributed by atoms with Crippen molar-refractivity contribution < 1.29 is 0 Å². The van der Waals surface area contributed by atoms with Crippen molar-refractivity contribution in [3.05, 3.63) is 0 Å². The van der Waals surface area contributed by atoms with Gasteiger partial charge in [-0.1, -0.05) is 13.8 Å². The molecule has 1 N–H and O–H groups in total. The Labute approximate surface area is 124 Å². The predicted molar refractivity (Wildman–Crippen MR) is 82.6 cm³/mol. The van der Waals surface area contributed by atoms with Crippen LogP contribution in [0, 0.1) is 11.3 Å². The van der Waals surface area contributed by atoms with Crippen LogP contribution in [0.2, 0.25) is 0 Å². The minimum absolute atomic E-state index is 0.249. The molecule has 20 heavy (non-hydrogen) atoms. The lowest BCUT2D eigenvalue weighted by Gasteiger charge is -2.38. The molecule has 0 aromatic rings. The Hall–Kier alpha value is -0.630. The first-order chi connectivity index (χ1) is 9.73. The van der Waals surface area contributed by atoms with Crippen molar-refractivity contribution in [3.63, 3.8) is 0 Å². The molecule has 2 fully saturated rings. The molecule has 0 spiro atoms. The van der Waals surface area contributed by atoms with Crippen LogP contribution in [0.1, 0.15) is 46.0 Å². The van der Waals surface area contributed by atoms with Crippen LogP contribution >= 0.6 is 0 Å². The topological polar surface area (TPSA) is 42.3 Å². The summed E-state index contributed by atoms with van der Waals surface area (Å²) < 4.78 is 0. The second-order valence-corrected chi connectivity index (χ2v) is 6.39. The van der Waals surface area contributed by atoms with E-state index in [-0.39, 0.29) is 5.54 Å². The minimum atomic E-state index is -0.249. The minimum Gasteiger partial charge on any atom is -0.301 e. The van der Waals surface area contributed by atoms with Gasteiger partial charge in [0.05, 0.1) is 6.07 Å². The molecule has 1 saturated carbocycles. The van der Waals surface area contributed by atoms with Crippen molar-refractivity contribution in [2.24, 2.45) is 0 Å². The summed E-state index contributed by atoms with van der Waals surface area (Å²) >= 11 is 0. The van der Waals surface area contributed by atoms with Crippen LogP contribution in [0.5, 0.6) is 0 Å². The molecule has 2 unspecified atom stereocenters. The second-order valence-electron chi connectivity index (χ2n) is 6.39. The molecule has 0 amide bonds. The summed E-state index contributed by atoms with van der Waals surface area (Å²) in [6, 6.07) is 3.18. The number of rotatable bonds is 6. The predicted octanol–water partition coefficient (Wildman–Crippen LogP) is 1.83. The smallest absolute Gasteiger partial charge is 0.108 e. The number of hydrogen-bond acceptors (Lipinski definition) is 4. The van der Waals surface area contributed by atoms with Crippen LogP contribution in [0.25, 0.3) is 0 Å². The first-order valence-corrected chi connectivity index (χ1v) is 8.35. The van der Waals surface area contributed by atoms with Crippen LogP contribution in [0.15, 0.2) is 0 Å². The maximum atomic E-state index is 9.53. The van der Waals surface area contributed by atoms with Gasteiger partial charge in [0.15, 0.2) is 0 Å². The van der Waals surface area contributed by atoms with E-state index in [1.54, 1.807) is 0 Å². The van der Waals surface area contributed by atoms with Crippen LogP contribution in [-0.2, 0) is 0 Å². The molecule has 0 aromatic carbocycles. The highest BCUT2D eigenvalue weighted by Crippen LogP contribution is 2.33. The van der Waals surface area contributed by atoms with E-state index in [2.05, 4.69) is 35.0 Å². The summed E-state index contributed by atoms with van der Waals surface area (Å²) in [5, 5.41) is 13.0. The largest absolute Gasteiger partial charge is 0.301 e. The summed E-state index contributed by atoms with van der Waals surface area (Å²) in [5.74, 6) is 0. The number of hydrogen-bond donors (Lipinski definition) is 1. The maximum Gasteiger partial charge on any atom is 0.108 e. The Morgan fingerprint density at radius 2 is 1.95 bits per heavy atom. The van der Waals surface area contributed by atoms with Gasteiger partial charge in [0.25, 0.3) is 0 Å². The highest BCUT2D eigenvalue weighted by atomic mass is 15.3. The molecule has 2 aliphatic rings. The van der Waals surface area contributed by atoms with Crippen molar-refractivity contribution in [2.75, 3.05) is 39.3 Å². The molecule has 0 aromatic heterocycles. The molecule has 0 bridgehead atoms. The number of nitrogens with zero attached hydrogens (tertiary/aromatic N) is 3. The molecule has 4 heteroatoms. The molecule has 2 atom stereocenters. The van der Waals surface area contributed by atoms with Crippen LogP contribution in [0.3, 0.4) is 0 Å². The lowest BCUT2D eigenvalue weighted by molar-refractivity contribution is 0.0957. The zero-order valence-electron chi connectivity index (χ0n) is 13.2. The van der Waals surface area contributed by atoms with Crippen molar-refractivity contribution in [1.29, 1.82) is 5.26 Å². The van der Waals surface area contributed by atoms with E-state index in [0.717, 1.165) is 25.8 Å². The Balaban J connectivity index is 1.82. The van der Waals surface area contributed by atoms with Crippen molar-refractivity contribution in [1.82, 2.24) is 15.1 Å². The lowest BCUT2D eigenvalue weighted by Crippen LogP contribution is -2.51. The van der Waals surface area contributed by atoms with E-state index < -0.39 is 0 Å². The summed E-state index contributed by atoms with van der Waals surface area (Å²) in [4.78, 5) is 5.19. The molecular weight excluding hydrogens is 248 g/mol. The van der Waals surface area contributed by atoms with Crippen LogP contribution in [-0.4, -0.2) is 60.6 Å². The van der Waals surface area contributed by atoms with Crippen molar-refractivity contribution >= 4 is 0 Å². The van der Waals surface area contributed by atoms with Crippen LogP contribution < -0.4 is 5.32 Å². The SMILES string of the molecule is CCCNC1(C#N)CCC(N2CCN(CCC)CC2)C1. The van der Waals surface area contributed by atoms with Gasteiger partial charge in [-0.2, -0.15) is 5.26 Å². The van der Waals surface area contributed by atoms with Gasteiger partial charge in [0.1, 0.15) is 5.54 Å². The fraction of sp³-hybridized carbons (Fsp3) is 0.938. The third kappa shape index (κ3) is 3.72. The Kier molecular flexibility index (Phi) is 5.83. The number of piperazine rings is 1. The molecule has 2 rings (SSSR count). The first-order valence-electron chi connectivity index (χ1n) is 8.35. The van der Waals surface area contributed by atoms with E-state index in [0.29, 0.717) is 6.04 Å². The second kappa shape index (κ2) is 7.40. The fourth-order valence-corrected chi connectivity index (χ4v) is 3.67. The third-order valence-electron chi connectivity index (χ3n) is 4.88. The van der Waals surface area contributed by atoms with E-state index in [1.807, 2.05) is 0 Å². The zero-order valence-corrected chi connectivity index (χ0v) is 13.2. The quantitative estimate of drug-likeness (QED) is 0.805. The maximum absolute atomic E-state index is 9.53. The average molecular weight is 278 g/mol. The zero-order chi connectivity index (χ0) is 14.4. The normalized spacial score (nSPS) is 32.4. The van der Waals surface area contributed by atoms with Gasteiger partial charge in [-0.3, -0.25) is 10.2 Å².